The second kappa shape index (κ2) is 6.30. The highest BCUT2D eigenvalue weighted by Crippen LogP contribution is 2.44. The molecule has 3 N–H and O–H groups in total. The van der Waals surface area contributed by atoms with Gasteiger partial charge in [-0.25, -0.2) is 9.78 Å². The number of hydrogen-bond donors (Lipinski definition) is 2. The van der Waals surface area contributed by atoms with Crippen molar-refractivity contribution in [1.82, 2.24) is 9.55 Å². The van der Waals surface area contributed by atoms with Gasteiger partial charge in [-0.15, -0.1) is 0 Å². The highest BCUT2D eigenvalue weighted by molar-refractivity contribution is 5.91. The third kappa shape index (κ3) is 2.32. The molecule has 9 nitrogen and oxygen atoms in total. The lowest BCUT2D eigenvalue weighted by molar-refractivity contribution is -0.172. The summed E-state index contributed by atoms with van der Waals surface area (Å²) in [5.41, 5.74) is 8.35. The van der Waals surface area contributed by atoms with Crippen LogP contribution in [0, 0.1) is 0 Å². The Kier molecular flexibility index (Phi) is 3.80. The van der Waals surface area contributed by atoms with E-state index in [1.54, 1.807) is 17.6 Å². The fourth-order valence-corrected chi connectivity index (χ4v) is 5.02. The first-order valence-electron chi connectivity index (χ1n) is 10.5. The standard InChI is InChI=1S/C23H21N3O6/c1-3-23(29)14-5-16-20-12(7-26(16)21(27)13(14)8-30-22(23)28)19(10(2)24)11-4-17-18(32-9-31-17)6-15(11)25-20/h4-6,10,29H,3,7-9,24H2,1-2H3. The molecule has 32 heavy (non-hydrogen) atoms. The molecule has 6 rings (SSSR count). The van der Waals surface area contributed by atoms with Gasteiger partial charge in [0.1, 0.15) is 6.61 Å². The number of nitrogens with zero attached hydrogens (tertiary/aromatic N) is 2. The Balaban J connectivity index is 1.67. The second-order valence-corrected chi connectivity index (χ2v) is 8.47. The maximum absolute atomic E-state index is 13.4. The maximum Gasteiger partial charge on any atom is 0.343 e. The zero-order valence-corrected chi connectivity index (χ0v) is 17.6. The number of cyclic esters (lactones) is 1. The van der Waals surface area contributed by atoms with Crippen LogP contribution >= 0.6 is 0 Å². The Bertz CT molecular complexity index is 1410. The largest absolute Gasteiger partial charge is 0.458 e. The molecule has 3 aromatic rings. The number of fused-ring (bicyclic) bond motifs is 6. The first-order chi connectivity index (χ1) is 15.3. The van der Waals surface area contributed by atoms with Gasteiger partial charge in [0.2, 0.25) is 6.79 Å². The minimum absolute atomic E-state index is 0.0916. The fourth-order valence-electron chi connectivity index (χ4n) is 5.02. The summed E-state index contributed by atoms with van der Waals surface area (Å²) in [7, 11) is 0. The summed E-state index contributed by atoms with van der Waals surface area (Å²) >= 11 is 0. The van der Waals surface area contributed by atoms with Gasteiger partial charge >= 0.3 is 5.97 Å². The van der Waals surface area contributed by atoms with Crippen LogP contribution in [0.4, 0.5) is 0 Å². The van der Waals surface area contributed by atoms with Crippen LogP contribution in [0.15, 0.2) is 23.0 Å². The van der Waals surface area contributed by atoms with E-state index in [2.05, 4.69) is 0 Å². The number of hydrogen-bond acceptors (Lipinski definition) is 8. The van der Waals surface area contributed by atoms with Crippen molar-refractivity contribution in [2.24, 2.45) is 5.73 Å². The fraction of sp³-hybridized carbons (Fsp3) is 0.348. The molecule has 0 aliphatic carbocycles. The van der Waals surface area contributed by atoms with E-state index < -0.39 is 11.6 Å². The third-order valence-corrected chi connectivity index (χ3v) is 6.68. The smallest absolute Gasteiger partial charge is 0.343 e. The number of aliphatic hydroxyl groups is 1. The number of pyridine rings is 2. The quantitative estimate of drug-likeness (QED) is 0.457. The van der Waals surface area contributed by atoms with Gasteiger partial charge < -0.3 is 29.6 Å². The molecule has 5 heterocycles. The van der Waals surface area contributed by atoms with E-state index in [-0.39, 0.29) is 42.5 Å². The summed E-state index contributed by atoms with van der Waals surface area (Å²) in [6, 6.07) is 5.06. The number of nitrogens with two attached hydrogens (primary N) is 1. The van der Waals surface area contributed by atoms with Crippen molar-refractivity contribution < 1.29 is 24.1 Å². The van der Waals surface area contributed by atoms with E-state index in [1.165, 1.54) is 0 Å². The molecule has 1 aromatic carbocycles. The van der Waals surface area contributed by atoms with Crippen LogP contribution < -0.4 is 20.8 Å². The predicted octanol–water partition coefficient (Wildman–Crippen LogP) is 1.83. The van der Waals surface area contributed by atoms with Crippen molar-refractivity contribution in [3.8, 4) is 22.9 Å². The summed E-state index contributed by atoms with van der Waals surface area (Å²) < 4.78 is 17.8. The van der Waals surface area contributed by atoms with Crippen molar-refractivity contribution >= 4 is 16.9 Å². The lowest BCUT2D eigenvalue weighted by atomic mass is 9.86. The summed E-state index contributed by atoms with van der Waals surface area (Å²) in [6.07, 6.45) is 0.0916. The van der Waals surface area contributed by atoms with Gasteiger partial charge in [-0.3, -0.25) is 4.79 Å². The highest BCUT2D eigenvalue weighted by Gasteiger charge is 2.45. The van der Waals surface area contributed by atoms with Crippen LogP contribution in [-0.2, 0) is 28.3 Å². The first-order valence-corrected chi connectivity index (χ1v) is 10.5. The zero-order valence-electron chi connectivity index (χ0n) is 17.6. The van der Waals surface area contributed by atoms with Gasteiger partial charge in [0.25, 0.3) is 5.56 Å². The summed E-state index contributed by atoms with van der Waals surface area (Å²) in [5, 5.41) is 11.9. The van der Waals surface area contributed by atoms with Crippen LogP contribution in [0.3, 0.4) is 0 Å². The number of carbonyl (C=O) groups excluding carboxylic acids is 1. The Labute approximate surface area is 182 Å². The minimum atomic E-state index is -1.86. The molecule has 0 fully saturated rings. The molecule has 0 radical (unpaired) electrons. The molecule has 2 atom stereocenters. The third-order valence-electron chi connectivity index (χ3n) is 6.68. The number of rotatable bonds is 2. The number of carbonyl (C=O) groups is 1. The van der Waals surface area contributed by atoms with Gasteiger partial charge in [0, 0.05) is 28.6 Å². The van der Waals surface area contributed by atoms with Crippen LogP contribution in [0.25, 0.3) is 22.3 Å². The first kappa shape index (κ1) is 19.3. The molecule has 164 valence electrons. The summed E-state index contributed by atoms with van der Waals surface area (Å²) in [4.78, 5) is 30.6. The van der Waals surface area contributed by atoms with E-state index in [4.69, 9.17) is 24.9 Å². The molecule has 3 aliphatic rings. The van der Waals surface area contributed by atoms with Crippen LogP contribution in [0.5, 0.6) is 11.5 Å². The topological polar surface area (TPSA) is 126 Å². The van der Waals surface area contributed by atoms with E-state index in [0.717, 1.165) is 16.5 Å². The van der Waals surface area contributed by atoms with Gasteiger partial charge in [-0.1, -0.05) is 6.92 Å². The van der Waals surface area contributed by atoms with Crippen molar-refractivity contribution in [2.45, 2.75) is 45.1 Å². The van der Waals surface area contributed by atoms with Gasteiger partial charge in [0.05, 0.1) is 29.0 Å². The van der Waals surface area contributed by atoms with E-state index in [9.17, 15) is 14.7 Å². The van der Waals surface area contributed by atoms with Gasteiger partial charge in [-0.05, 0) is 31.0 Å². The summed E-state index contributed by atoms with van der Waals surface area (Å²) in [6.45, 7) is 3.85. The van der Waals surface area contributed by atoms with Crippen molar-refractivity contribution in [2.75, 3.05) is 6.79 Å². The second-order valence-electron chi connectivity index (χ2n) is 8.47. The van der Waals surface area contributed by atoms with E-state index in [1.807, 2.05) is 19.1 Å². The summed E-state index contributed by atoms with van der Waals surface area (Å²) in [5.74, 6) is 0.489. The lowest BCUT2D eigenvalue weighted by Crippen LogP contribution is -2.44. The van der Waals surface area contributed by atoms with E-state index >= 15 is 0 Å². The zero-order chi connectivity index (χ0) is 22.4. The molecule has 0 saturated carbocycles. The lowest BCUT2D eigenvalue weighted by Gasteiger charge is -2.31. The number of aromatic nitrogens is 2. The minimum Gasteiger partial charge on any atom is -0.458 e. The SMILES string of the molecule is CCC1(O)C(=O)OCc2c1cc1n(c2=O)Cc2c-1nc1cc3c(cc1c2C(C)N)OCO3. The van der Waals surface area contributed by atoms with Gasteiger partial charge in [-0.2, -0.15) is 0 Å². The van der Waals surface area contributed by atoms with Crippen molar-refractivity contribution in [3.63, 3.8) is 0 Å². The molecule has 9 heteroatoms. The molecular weight excluding hydrogens is 414 g/mol. The molecular formula is C23H21N3O6. The number of esters is 1. The van der Waals surface area contributed by atoms with Crippen LogP contribution in [-0.4, -0.2) is 27.4 Å². The monoisotopic (exact) mass is 435 g/mol. The molecule has 0 amide bonds. The molecule has 2 unspecified atom stereocenters. The number of benzene rings is 1. The molecule has 2 aromatic heterocycles. The van der Waals surface area contributed by atoms with Crippen molar-refractivity contribution in [1.29, 1.82) is 0 Å². The average molecular weight is 435 g/mol. The molecule has 0 bridgehead atoms. The predicted molar refractivity (Wildman–Crippen MR) is 113 cm³/mol. The Hall–Kier alpha value is -3.43. The molecule has 0 saturated heterocycles. The maximum atomic E-state index is 13.4. The Morgan fingerprint density at radius 2 is 1.94 bits per heavy atom. The van der Waals surface area contributed by atoms with Crippen LogP contribution in [0.2, 0.25) is 0 Å². The van der Waals surface area contributed by atoms with E-state index in [0.29, 0.717) is 34.9 Å². The normalized spacial score (nSPS) is 21.2. The Morgan fingerprint density at radius 1 is 1.19 bits per heavy atom. The van der Waals surface area contributed by atoms with Crippen LogP contribution in [0.1, 0.15) is 48.6 Å². The Morgan fingerprint density at radius 3 is 2.66 bits per heavy atom. The molecule has 3 aliphatic heterocycles. The highest BCUT2D eigenvalue weighted by atomic mass is 16.7. The molecule has 0 spiro atoms. The average Bonchev–Trinajstić information content (AvgIpc) is 3.37. The van der Waals surface area contributed by atoms with Gasteiger partial charge in [0.15, 0.2) is 17.1 Å². The number of ether oxygens (including phenoxy) is 3. The van der Waals surface area contributed by atoms with Crippen molar-refractivity contribution in [3.05, 3.63) is 50.8 Å².